The number of benzene rings is 3. The van der Waals surface area contributed by atoms with E-state index in [1.165, 1.54) is 4.90 Å². The average molecular weight is 549 g/mol. The van der Waals surface area contributed by atoms with Crippen LogP contribution in [0.4, 0.5) is 0 Å². The Bertz CT molecular complexity index is 1530. The molecule has 1 aliphatic heterocycles. The molecule has 41 heavy (non-hydrogen) atoms. The molecular weight excluding hydrogens is 512 g/mol. The highest BCUT2D eigenvalue weighted by molar-refractivity contribution is 5.98. The summed E-state index contributed by atoms with van der Waals surface area (Å²) >= 11 is 0. The Labute approximate surface area is 241 Å². The van der Waals surface area contributed by atoms with Crippen molar-refractivity contribution in [3.05, 3.63) is 102 Å². The lowest BCUT2D eigenvalue weighted by molar-refractivity contribution is -0.161. The average Bonchev–Trinajstić information content (AvgIpc) is 2.99. The summed E-state index contributed by atoms with van der Waals surface area (Å²) in [7, 11) is 1.57. The third-order valence-corrected chi connectivity index (χ3v) is 7.73. The molecule has 7 nitrogen and oxygen atoms in total. The third kappa shape index (κ3) is 6.30. The highest BCUT2D eigenvalue weighted by atomic mass is 16.2. The molecule has 0 bridgehead atoms. The molecule has 1 aliphatic rings. The van der Waals surface area contributed by atoms with E-state index in [1.807, 2.05) is 92.8 Å². The van der Waals surface area contributed by atoms with E-state index in [4.69, 9.17) is 0 Å². The van der Waals surface area contributed by atoms with Crippen molar-refractivity contribution in [3.8, 4) is 11.1 Å². The van der Waals surface area contributed by atoms with Gasteiger partial charge in [-0.2, -0.15) is 0 Å². The first-order valence-electron chi connectivity index (χ1n) is 14.1. The summed E-state index contributed by atoms with van der Waals surface area (Å²) in [5, 5.41) is 4.90. The van der Waals surface area contributed by atoms with E-state index in [1.54, 1.807) is 18.1 Å². The van der Waals surface area contributed by atoms with Gasteiger partial charge < -0.3 is 15.1 Å². The quantitative estimate of drug-likeness (QED) is 0.324. The molecule has 3 amide bonds. The fourth-order valence-corrected chi connectivity index (χ4v) is 5.58. The number of likely N-dealkylation sites (N-methyl/N-ethyl adjacent to an activating group) is 1. The number of amides is 3. The normalized spacial score (nSPS) is 16.3. The van der Waals surface area contributed by atoms with Crippen molar-refractivity contribution < 1.29 is 14.4 Å². The second-order valence-electron chi connectivity index (χ2n) is 11.1. The van der Waals surface area contributed by atoms with E-state index in [0.717, 1.165) is 33.0 Å². The molecule has 2 heterocycles. The number of fused-ring (bicyclic) bond motifs is 1. The Morgan fingerprint density at radius 3 is 2.34 bits per heavy atom. The number of piperazine rings is 1. The molecule has 3 aromatic carbocycles. The summed E-state index contributed by atoms with van der Waals surface area (Å²) in [5.41, 5.74) is 3.94. The van der Waals surface area contributed by atoms with Gasteiger partial charge in [0.25, 0.3) is 0 Å². The standard InChI is InChI=1S/C34H36N4O3/c1-23(2)17-31-34(41)38(30(33(40)35-3)19-25-12-15-26-7-4-5-8-28(26)18-25)22-32(39)37(31)21-24-10-13-27(14-11-24)29-9-6-16-36-20-29/h4-16,18,20,23,30-31H,17,19,21-22H2,1-3H3,(H,35,40). The summed E-state index contributed by atoms with van der Waals surface area (Å²) in [6.45, 7) is 4.29. The molecule has 0 saturated carbocycles. The first-order valence-corrected chi connectivity index (χ1v) is 14.1. The van der Waals surface area contributed by atoms with E-state index >= 15 is 0 Å². The Morgan fingerprint density at radius 2 is 1.66 bits per heavy atom. The largest absolute Gasteiger partial charge is 0.357 e. The number of carbonyl (C=O) groups excluding carboxylic acids is 3. The number of rotatable bonds is 9. The minimum Gasteiger partial charge on any atom is -0.357 e. The van der Waals surface area contributed by atoms with Crippen LogP contribution >= 0.6 is 0 Å². The minimum atomic E-state index is -0.784. The maximum Gasteiger partial charge on any atom is 0.246 e. The molecule has 0 aliphatic carbocycles. The van der Waals surface area contributed by atoms with Crippen molar-refractivity contribution in [2.24, 2.45) is 5.92 Å². The Balaban J connectivity index is 1.39. The number of nitrogens with zero attached hydrogens (tertiary/aromatic N) is 3. The molecule has 2 unspecified atom stereocenters. The number of hydrogen-bond donors (Lipinski definition) is 1. The van der Waals surface area contributed by atoms with Crippen molar-refractivity contribution >= 4 is 28.5 Å². The van der Waals surface area contributed by atoms with Gasteiger partial charge in [0.2, 0.25) is 17.7 Å². The van der Waals surface area contributed by atoms with Crippen LogP contribution in [0.15, 0.2) is 91.3 Å². The van der Waals surface area contributed by atoms with Crippen molar-refractivity contribution in [2.45, 2.75) is 45.3 Å². The van der Waals surface area contributed by atoms with Gasteiger partial charge in [0.1, 0.15) is 18.6 Å². The lowest BCUT2D eigenvalue weighted by Gasteiger charge is -2.43. The zero-order valence-corrected chi connectivity index (χ0v) is 23.8. The van der Waals surface area contributed by atoms with Crippen LogP contribution < -0.4 is 5.32 Å². The second kappa shape index (κ2) is 12.3. The van der Waals surface area contributed by atoms with Crippen LogP contribution in [0.5, 0.6) is 0 Å². The van der Waals surface area contributed by atoms with Crippen LogP contribution in [0.3, 0.4) is 0 Å². The molecule has 1 fully saturated rings. The van der Waals surface area contributed by atoms with Crippen molar-refractivity contribution in [1.29, 1.82) is 0 Å². The number of pyridine rings is 1. The van der Waals surface area contributed by atoms with E-state index in [-0.39, 0.29) is 30.2 Å². The fraction of sp³-hybridized carbons (Fsp3) is 0.294. The first-order chi connectivity index (χ1) is 19.8. The van der Waals surface area contributed by atoms with Crippen molar-refractivity contribution in [2.75, 3.05) is 13.6 Å². The fourth-order valence-electron chi connectivity index (χ4n) is 5.58. The van der Waals surface area contributed by atoms with Gasteiger partial charge in [0.05, 0.1) is 0 Å². The maximum absolute atomic E-state index is 14.1. The molecule has 210 valence electrons. The van der Waals surface area contributed by atoms with Crippen LogP contribution in [0, 0.1) is 5.92 Å². The summed E-state index contributed by atoms with van der Waals surface area (Å²) in [4.78, 5) is 48.2. The number of hydrogen-bond acceptors (Lipinski definition) is 4. The molecule has 0 spiro atoms. The summed E-state index contributed by atoms with van der Waals surface area (Å²) in [5.74, 6) is -0.424. The van der Waals surface area contributed by atoms with Gasteiger partial charge in [-0.15, -0.1) is 0 Å². The van der Waals surface area contributed by atoms with Gasteiger partial charge in [0.15, 0.2) is 0 Å². The lowest BCUT2D eigenvalue weighted by atomic mass is 9.94. The lowest BCUT2D eigenvalue weighted by Crippen LogP contribution is -2.64. The van der Waals surface area contributed by atoms with E-state index in [2.05, 4.69) is 16.4 Å². The highest BCUT2D eigenvalue weighted by Crippen LogP contribution is 2.26. The molecule has 0 radical (unpaired) electrons. The van der Waals surface area contributed by atoms with Gasteiger partial charge in [-0.25, -0.2) is 0 Å². The predicted molar refractivity (Wildman–Crippen MR) is 161 cm³/mol. The first kappa shape index (κ1) is 28.0. The molecule has 1 aromatic heterocycles. The van der Waals surface area contributed by atoms with Gasteiger partial charge in [0, 0.05) is 32.4 Å². The van der Waals surface area contributed by atoms with Crippen LogP contribution in [0.25, 0.3) is 21.9 Å². The van der Waals surface area contributed by atoms with Gasteiger partial charge in [-0.3, -0.25) is 19.4 Å². The van der Waals surface area contributed by atoms with Crippen molar-refractivity contribution in [3.63, 3.8) is 0 Å². The predicted octanol–water partition coefficient (Wildman–Crippen LogP) is 4.84. The maximum atomic E-state index is 14.1. The number of aromatic nitrogens is 1. The summed E-state index contributed by atoms with van der Waals surface area (Å²) in [6, 6.07) is 24.6. The molecular formula is C34H36N4O3. The van der Waals surface area contributed by atoms with Gasteiger partial charge in [-0.1, -0.05) is 86.6 Å². The zero-order valence-electron chi connectivity index (χ0n) is 23.8. The van der Waals surface area contributed by atoms with E-state index < -0.39 is 12.1 Å². The molecule has 1 N–H and O–H groups in total. The van der Waals surface area contributed by atoms with Gasteiger partial charge in [-0.05, 0) is 51.4 Å². The summed E-state index contributed by atoms with van der Waals surface area (Å²) in [6.07, 6.45) is 4.40. The van der Waals surface area contributed by atoms with E-state index in [9.17, 15) is 14.4 Å². The monoisotopic (exact) mass is 548 g/mol. The Kier molecular flexibility index (Phi) is 8.43. The minimum absolute atomic E-state index is 0.132. The van der Waals surface area contributed by atoms with Crippen LogP contribution in [-0.2, 0) is 27.3 Å². The highest BCUT2D eigenvalue weighted by Gasteiger charge is 2.43. The summed E-state index contributed by atoms with van der Waals surface area (Å²) < 4.78 is 0. The third-order valence-electron chi connectivity index (χ3n) is 7.73. The molecule has 4 aromatic rings. The van der Waals surface area contributed by atoms with Crippen molar-refractivity contribution in [1.82, 2.24) is 20.1 Å². The number of nitrogens with one attached hydrogen (secondary N) is 1. The van der Waals surface area contributed by atoms with Crippen LogP contribution in [0.2, 0.25) is 0 Å². The SMILES string of the molecule is CNC(=O)C(Cc1ccc2ccccc2c1)N1CC(=O)N(Cc2ccc(-c3cccnc3)cc2)C(CC(C)C)C1=O. The van der Waals surface area contributed by atoms with E-state index in [0.29, 0.717) is 19.4 Å². The second-order valence-corrected chi connectivity index (χ2v) is 11.1. The molecule has 7 heteroatoms. The van der Waals surface area contributed by atoms with Crippen LogP contribution in [-0.4, -0.2) is 58.2 Å². The Hall–Kier alpha value is -4.52. The smallest absolute Gasteiger partial charge is 0.246 e. The molecule has 5 rings (SSSR count). The Morgan fingerprint density at radius 1 is 0.927 bits per heavy atom. The zero-order chi connectivity index (χ0) is 28.9. The topological polar surface area (TPSA) is 82.6 Å². The molecule has 2 atom stereocenters. The van der Waals surface area contributed by atoms with Gasteiger partial charge >= 0.3 is 0 Å². The van der Waals surface area contributed by atoms with Crippen LogP contribution in [0.1, 0.15) is 31.4 Å². The number of carbonyl (C=O) groups is 3. The molecule has 1 saturated heterocycles.